The molecule has 3 N–H and O–H groups in total. The number of aromatic hydroxyl groups is 2. The molecule has 0 radical (unpaired) electrons. The van der Waals surface area contributed by atoms with E-state index >= 15 is 0 Å². The molecule has 0 aliphatic carbocycles. The number of aliphatic hydroxyl groups excluding tert-OH is 1. The normalized spacial score (nSPS) is 12.2. The van der Waals surface area contributed by atoms with Gasteiger partial charge in [-0.05, 0) is 19.1 Å². The monoisotopic (exact) mass is 230 g/mol. The standard InChI is InChI=1S/C10H11FO5/c1-2-16-10(15)8(13)5-3-4-6(12)9(14)7(5)11/h3-4,8,12-14H,2H2,1H3. The minimum absolute atomic E-state index is 0.0432. The smallest absolute Gasteiger partial charge is 0.339 e. The highest BCUT2D eigenvalue weighted by atomic mass is 19.1. The Hall–Kier alpha value is -1.82. The summed E-state index contributed by atoms with van der Waals surface area (Å²) >= 11 is 0. The molecule has 6 heteroatoms. The molecule has 0 spiro atoms. The van der Waals surface area contributed by atoms with E-state index in [-0.39, 0.29) is 6.61 Å². The molecule has 0 bridgehead atoms. The highest BCUT2D eigenvalue weighted by Crippen LogP contribution is 2.32. The maximum atomic E-state index is 13.3. The zero-order valence-corrected chi connectivity index (χ0v) is 8.48. The lowest BCUT2D eigenvalue weighted by Crippen LogP contribution is -2.16. The Bertz CT molecular complexity index is 404. The van der Waals surface area contributed by atoms with Crippen LogP contribution >= 0.6 is 0 Å². The largest absolute Gasteiger partial charge is 0.504 e. The molecule has 1 unspecified atom stereocenters. The quantitative estimate of drug-likeness (QED) is 0.529. The lowest BCUT2D eigenvalue weighted by molar-refractivity contribution is -0.153. The molecule has 16 heavy (non-hydrogen) atoms. The van der Waals surface area contributed by atoms with Gasteiger partial charge in [0.1, 0.15) is 0 Å². The first-order valence-corrected chi connectivity index (χ1v) is 4.54. The summed E-state index contributed by atoms with van der Waals surface area (Å²) in [5.74, 6) is -3.95. The fraction of sp³-hybridized carbons (Fsp3) is 0.300. The average molecular weight is 230 g/mol. The number of benzene rings is 1. The van der Waals surface area contributed by atoms with Crippen LogP contribution in [0.4, 0.5) is 4.39 Å². The van der Waals surface area contributed by atoms with Gasteiger partial charge in [0.2, 0.25) is 0 Å². The van der Waals surface area contributed by atoms with Gasteiger partial charge >= 0.3 is 5.97 Å². The number of hydrogen-bond donors (Lipinski definition) is 3. The van der Waals surface area contributed by atoms with Crippen molar-refractivity contribution in [1.82, 2.24) is 0 Å². The van der Waals surface area contributed by atoms with E-state index in [2.05, 4.69) is 4.74 Å². The molecule has 0 saturated heterocycles. The Morgan fingerprint density at radius 1 is 1.50 bits per heavy atom. The fourth-order valence-electron chi connectivity index (χ4n) is 1.13. The van der Waals surface area contributed by atoms with Crippen molar-refractivity contribution < 1.29 is 29.2 Å². The number of phenols is 2. The van der Waals surface area contributed by atoms with Gasteiger partial charge in [-0.1, -0.05) is 0 Å². The number of halogens is 1. The molecule has 0 aliphatic heterocycles. The molecule has 0 fully saturated rings. The van der Waals surface area contributed by atoms with E-state index in [1.807, 2.05) is 0 Å². The van der Waals surface area contributed by atoms with Crippen LogP contribution in [0.5, 0.6) is 11.5 Å². The fourth-order valence-corrected chi connectivity index (χ4v) is 1.13. The van der Waals surface area contributed by atoms with Gasteiger partial charge in [-0.15, -0.1) is 0 Å². The second-order valence-corrected chi connectivity index (χ2v) is 2.99. The summed E-state index contributed by atoms with van der Waals surface area (Å²) in [7, 11) is 0. The number of carbonyl (C=O) groups excluding carboxylic acids is 1. The molecule has 0 aliphatic rings. The SMILES string of the molecule is CCOC(=O)C(O)c1ccc(O)c(O)c1F. The first-order chi connectivity index (χ1) is 7.49. The summed E-state index contributed by atoms with van der Waals surface area (Å²) in [6, 6.07) is 1.96. The Morgan fingerprint density at radius 3 is 2.69 bits per heavy atom. The highest BCUT2D eigenvalue weighted by Gasteiger charge is 2.24. The van der Waals surface area contributed by atoms with Crippen LogP contribution in [0.15, 0.2) is 12.1 Å². The molecule has 1 atom stereocenters. The van der Waals surface area contributed by atoms with Crippen molar-refractivity contribution in [2.75, 3.05) is 6.61 Å². The van der Waals surface area contributed by atoms with E-state index < -0.39 is 35.0 Å². The first-order valence-electron chi connectivity index (χ1n) is 4.54. The number of hydrogen-bond acceptors (Lipinski definition) is 5. The summed E-state index contributed by atoms with van der Waals surface area (Å²) in [6.07, 6.45) is -1.83. The predicted octanol–water partition coefficient (Wildman–Crippen LogP) is 0.833. The Kier molecular flexibility index (Phi) is 3.68. The lowest BCUT2D eigenvalue weighted by atomic mass is 10.1. The van der Waals surface area contributed by atoms with E-state index in [4.69, 9.17) is 10.2 Å². The summed E-state index contributed by atoms with van der Waals surface area (Å²) in [4.78, 5) is 11.1. The molecular weight excluding hydrogens is 219 g/mol. The van der Waals surface area contributed by atoms with Crippen molar-refractivity contribution in [2.45, 2.75) is 13.0 Å². The van der Waals surface area contributed by atoms with Gasteiger partial charge in [-0.3, -0.25) is 0 Å². The van der Waals surface area contributed by atoms with Crippen LogP contribution in [0.2, 0.25) is 0 Å². The summed E-state index contributed by atoms with van der Waals surface area (Å²) in [5.41, 5.74) is -0.450. The van der Waals surface area contributed by atoms with E-state index in [9.17, 15) is 14.3 Å². The number of ether oxygens (including phenoxy) is 1. The van der Waals surface area contributed by atoms with E-state index in [0.717, 1.165) is 12.1 Å². The third kappa shape index (κ3) is 2.22. The van der Waals surface area contributed by atoms with Crippen LogP contribution in [0.3, 0.4) is 0 Å². The molecule has 0 aromatic heterocycles. The van der Waals surface area contributed by atoms with Crippen LogP contribution < -0.4 is 0 Å². The maximum absolute atomic E-state index is 13.3. The number of esters is 1. The lowest BCUT2D eigenvalue weighted by Gasteiger charge is -2.11. The Balaban J connectivity index is 3.05. The zero-order chi connectivity index (χ0) is 12.3. The second kappa shape index (κ2) is 4.80. The third-order valence-electron chi connectivity index (χ3n) is 1.93. The van der Waals surface area contributed by atoms with Crippen LogP contribution in [0, 0.1) is 5.82 Å². The number of aliphatic hydroxyl groups is 1. The summed E-state index contributed by atoms with van der Waals surface area (Å²) in [5, 5.41) is 27.4. The van der Waals surface area contributed by atoms with Crippen molar-refractivity contribution >= 4 is 5.97 Å². The van der Waals surface area contributed by atoms with E-state index in [1.165, 1.54) is 6.92 Å². The molecule has 0 heterocycles. The molecule has 1 aromatic rings. The van der Waals surface area contributed by atoms with Gasteiger partial charge in [0, 0.05) is 5.56 Å². The third-order valence-corrected chi connectivity index (χ3v) is 1.93. The first kappa shape index (κ1) is 12.3. The minimum atomic E-state index is -1.83. The van der Waals surface area contributed by atoms with Crippen molar-refractivity contribution in [3.63, 3.8) is 0 Å². The second-order valence-electron chi connectivity index (χ2n) is 2.99. The van der Waals surface area contributed by atoms with Crippen LogP contribution in [-0.2, 0) is 9.53 Å². The van der Waals surface area contributed by atoms with Crippen LogP contribution in [-0.4, -0.2) is 27.9 Å². The van der Waals surface area contributed by atoms with Crippen molar-refractivity contribution in [1.29, 1.82) is 0 Å². The molecular formula is C10H11FO5. The molecule has 88 valence electrons. The highest BCUT2D eigenvalue weighted by molar-refractivity contribution is 5.76. The molecule has 1 rings (SSSR count). The van der Waals surface area contributed by atoms with E-state index in [1.54, 1.807) is 0 Å². The van der Waals surface area contributed by atoms with Gasteiger partial charge in [0.25, 0.3) is 0 Å². The zero-order valence-electron chi connectivity index (χ0n) is 8.48. The molecule has 0 amide bonds. The van der Waals surface area contributed by atoms with Crippen LogP contribution in [0.1, 0.15) is 18.6 Å². The topological polar surface area (TPSA) is 87.0 Å². The van der Waals surface area contributed by atoms with Gasteiger partial charge < -0.3 is 20.1 Å². The van der Waals surface area contributed by atoms with Gasteiger partial charge in [-0.25, -0.2) is 9.18 Å². The molecule has 0 saturated carbocycles. The van der Waals surface area contributed by atoms with Crippen molar-refractivity contribution in [3.05, 3.63) is 23.5 Å². The van der Waals surface area contributed by atoms with Gasteiger partial charge in [0.15, 0.2) is 23.4 Å². The number of carbonyl (C=O) groups is 1. The number of phenolic OH excluding ortho intramolecular Hbond substituents is 2. The van der Waals surface area contributed by atoms with Crippen molar-refractivity contribution in [3.8, 4) is 11.5 Å². The Morgan fingerprint density at radius 2 is 2.12 bits per heavy atom. The van der Waals surface area contributed by atoms with Crippen LogP contribution in [0.25, 0.3) is 0 Å². The maximum Gasteiger partial charge on any atom is 0.339 e. The van der Waals surface area contributed by atoms with E-state index in [0.29, 0.717) is 0 Å². The van der Waals surface area contributed by atoms with Crippen molar-refractivity contribution in [2.24, 2.45) is 0 Å². The van der Waals surface area contributed by atoms with Gasteiger partial charge in [0.05, 0.1) is 6.61 Å². The summed E-state index contributed by atoms with van der Waals surface area (Å²) < 4.78 is 17.8. The summed E-state index contributed by atoms with van der Waals surface area (Å²) in [6.45, 7) is 1.58. The molecule has 5 nitrogen and oxygen atoms in total. The Labute approximate surface area is 90.7 Å². The average Bonchev–Trinajstić information content (AvgIpc) is 2.26. The minimum Gasteiger partial charge on any atom is -0.504 e. The van der Waals surface area contributed by atoms with Gasteiger partial charge in [-0.2, -0.15) is 0 Å². The molecule has 1 aromatic carbocycles. The number of rotatable bonds is 3. The predicted molar refractivity (Wildman–Crippen MR) is 51.3 cm³/mol.